The fourth-order valence-corrected chi connectivity index (χ4v) is 5.88. The van der Waals surface area contributed by atoms with Crippen LogP contribution >= 0.6 is 49.9 Å². The Balaban J connectivity index is 1.83. The first-order valence-electron chi connectivity index (χ1n) is 7.75. The van der Waals surface area contributed by atoms with E-state index in [9.17, 15) is 0 Å². The molecule has 0 saturated heterocycles. The van der Waals surface area contributed by atoms with E-state index in [1.807, 2.05) is 0 Å². The van der Waals surface area contributed by atoms with Gasteiger partial charge in [0.15, 0.2) is 0 Å². The first-order chi connectivity index (χ1) is 10.2. The van der Waals surface area contributed by atoms with Gasteiger partial charge in [-0.2, -0.15) is 0 Å². The molecule has 2 aromatic rings. The number of halogens is 2. The predicted molar refractivity (Wildman–Crippen MR) is 107 cm³/mol. The van der Waals surface area contributed by atoms with Crippen molar-refractivity contribution in [3.8, 4) is 11.1 Å². The number of unbranched alkanes of at least 4 members (excludes halogenated alkanes) is 5. The second-order valence-corrected chi connectivity index (χ2v) is 9.72. The number of aryl methyl sites for hydroxylation is 1. The summed E-state index contributed by atoms with van der Waals surface area (Å²) < 4.78 is 2.56. The lowest BCUT2D eigenvalue weighted by Crippen LogP contribution is -1.86. The summed E-state index contributed by atoms with van der Waals surface area (Å²) in [4.78, 5) is 0. The molecule has 0 radical (unpaired) electrons. The molecule has 0 N–H and O–H groups in total. The lowest BCUT2D eigenvalue weighted by atomic mass is 10.0. The molecular weight excluding hydrogens is 455 g/mol. The molecule has 0 unspecified atom stereocenters. The van der Waals surface area contributed by atoms with Gasteiger partial charge in [-0.25, -0.2) is 0 Å². The van der Waals surface area contributed by atoms with Crippen molar-refractivity contribution in [2.24, 2.45) is 0 Å². The van der Waals surface area contributed by atoms with E-state index in [1.54, 1.807) is 11.3 Å². The maximum Gasteiger partial charge on any atom is 0.0788 e. The van der Waals surface area contributed by atoms with Crippen LogP contribution in [0.5, 0.6) is 0 Å². The van der Waals surface area contributed by atoms with Gasteiger partial charge >= 0.3 is 0 Å². The van der Waals surface area contributed by atoms with Crippen LogP contribution in [-0.4, -0.2) is 0 Å². The highest BCUT2D eigenvalue weighted by Gasteiger charge is 2.07. The highest BCUT2D eigenvalue weighted by atomic mass is 127. The smallest absolute Gasteiger partial charge is 0.0788 e. The van der Waals surface area contributed by atoms with E-state index < -0.39 is 0 Å². The lowest BCUT2D eigenvalue weighted by molar-refractivity contribution is 0.607. The molecule has 1 aromatic carbocycles. The summed E-state index contributed by atoms with van der Waals surface area (Å²) in [5.41, 5.74) is 4.10. The Morgan fingerprint density at radius 2 is 1.67 bits per heavy atom. The molecule has 0 aliphatic rings. The van der Waals surface area contributed by atoms with E-state index in [1.165, 1.54) is 68.3 Å². The second-order valence-electron chi connectivity index (χ2n) is 5.45. The summed E-state index contributed by atoms with van der Waals surface area (Å²) in [6.45, 7) is 2.27. The fourth-order valence-electron chi connectivity index (χ4n) is 2.50. The van der Waals surface area contributed by atoms with E-state index in [2.05, 4.69) is 75.8 Å². The van der Waals surface area contributed by atoms with Crippen LogP contribution in [0.4, 0.5) is 0 Å². The lowest BCUT2D eigenvalue weighted by Gasteiger charge is -2.04. The standard InChI is InChI=1S/C18H22BrIS/c1-2-3-4-5-6-7-8-14-9-11-15(12-10-14)16-13-17(20)21-18(16)19/h9-13H,2-8H2,1H3. The molecule has 114 valence electrons. The van der Waals surface area contributed by atoms with Gasteiger partial charge in [-0.3, -0.25) is 0 Å². The van der Waals surface area contributed by atoms with Crippen LogP contribution in [0.15, 0.2) is 34.1 Å². The van der Waals surface area contributed by atoms with Crippen molar-refractivity contribution in [3.05, 3.63) is 42.6 Å². The molecule has 0 atom stereocenters. The summed E-state index contributed by atoms with van der Waals surface area (Å²) in [7, 11) is 0. The van der Waals surface area contributed by atoms with Crippen LogP contribution in [-0.2, 0) is 6.42 Å². The number of hydrogen-bond donors (Lipinski definition) is 0. The number of benzene rings is 1. The van der Waals surface area contributed by atoms with E-state index >= 15 is 0 Å². The molecule has 21 heavy (non-hydrogen) atoms. The molecule has 0 fully saturated rings. The Kier molecular flexibility index (Phi) is 7.75. The number of rotatable bonds is 8. The summed E-state index contributed by atoms with van der Waals surface area (Å²) in [5.74, 6) is 0. The third-order valence-electron chi connectivity index (χ3n) is 3.74. The van der Waals surface area contributed by atoms with Gasteiger partial charge in [-0.1, -0.05) is 63.3 Å². The van der Waals surface area contributed by atoms with Crippen molar-refractivity contribution in [2.75, 3.05) is 0 Å². The molecule has 0 aliphatic carbocycles. The molecule has 3 heteroatoms. The van der Waals surface area contributed by atoms with E-state index in [-0.39, 0.29) is 0 Å². The third-order valence-corrected chi connectivity index (χ3v) is 6.34. The van der Waals surface area contributed by atoms with Crippen LogP contribution < -0.4 is 0 Å². The monoisotopic (exact) mass is 476 g/mol. The van der Waals surface area contributed by atoms with Crippen molar-refractivity contribution in [1.82, 2.24) is 0 Å². The van der Waals surface area contributed by atoms with Crippen LogP contribution in [0.2, 0.25) is 0 Å². The van der Waals surface area contributed by atoms with Gasteiger partial charge in [0.2, 0.25) is 0 Å². The van der Waals surface area contributed by atoms with Gasteiger partial charge in [-0.15, -0.1) is 11.3 Å². The molecule has 0 spiro atoms. The minimum atomic E-state index is 1.22. The van der Waals surface area contributed by atoms with Gasteiger partial charge in [0.25, 0.3) is 0 Å². The molecule has 0 amide bonds. The zero-order valence-electron chi connectivity index (χ0n) is 12.5. The van der Waals surface area contributed by atoms with E-state index in [4.69, 9.17) is 0 Å². The zero-order valence-corrected chi connectivity index (χ0v) is 17.1. The highest BCUT2D eigenvalue weighted by Crippen LogP contribution is 2.36. The molecule has 0 aliphatic heterocycles. The van der Waals surface area contributed by atoms with E-state index in [0.717, 1.165) is 0 Å². The third kappa shape index (κ3) is 5.68. The zero-order chi connectivity index (χ0) is 15.1. The molecule has 0 bridgehead atoms. The van der Waals surface area contributed by atoms with Crippen molar-refractivity contribution in [1.29, 1.82) is 0 Å². The van der Waals surface area contributed by atoms with E-state index in [0.29, 0.717) is 0 Å². The predicted octanol–water partition coefficient (Wildman–Crippen LogP) is 7.69. The van der Waals surface area contributed by atoms with Crippen LogP contribution in [0.3, 0.4) is 0 Å². The topological polar surface area (TPSA) is 0 Å². The summed E-state index contributed by atoms with van der Waals surface area (Å²) in [6, 6.07) is 11.3. The second kappa shape index (κ2) is 9.31. The van der Waals surface area contributed by atoms with Crippen LogP contribution in [0.1, 0.15) is 51.0 Å². The largest absolute Gasteiger partial charge is 0.122 e. The van der Waals surface area contributed by atoms with Crippen LogP contribution in [0, 0.1) is 2.88 Å². The summed E-state index contributed by atoms with van der Waals surface area (Å²) in [6.07, 6.45) is 9.43. The van der Waals surface area contributed by atoms with Gasteiger partial charge in [0, 0.05) is 5.56 Å². The Labute approximate surface area is 154 Å². The van der Waals surface area contributed by atoms with Gasteiger partial charge in [-0.05, 0) is 68.6 Å². The van der Waals surface area contributed by atoms with Crippen molar-refractivity contribution in [2.45, 2.75) is 51.9 Å². The summed E-state index contributed by atoms with van der Waals surface area (Å²) >= 11 is 7.83. The Bertz CT molecular complexity index is 545. The Morgan fingerprint density at radius 3 is 2.29 bits per heavy atom. The molecule has 0 saturated carbocycles. The number of thiophene rings is 1. The minimum absolute atomic E-state index is 1.22. The minimum Gasteiger partial charge on any atom is -0.122 e. The SMILES string of the molecule is CCCCCCCCc1ccc(-c2cc(I)sc2Br)cc1. The summed E-state index contributed by atoms with van der Waals surface area (Å²) in [5, 5.41) is 0. The van der Waals surface area contributed by atoms with Gasteiger partial charge in [0.05, 0.1) is 6.67 Å². The first-order valence-corrected chi connectivity index (χ1v) is 10.4. The van der Waals surface area contributed by atoms with Crippen molar-refractivity contribution < 1.29 is 0 Å². The Morgan fingerprint density at radius 1 is 1.00 bits per heavy atom. The maximum atomic E-state index is 3.66. The van der Waals surface area contributed by atoms with Gasteiger partial charge in [0.1, 0.15) is 0 Å². The highest BCUT2D eigenvalue weighted by molar-refractivity contribution is 14.1. The fraction of sp³-hybridized carbons (Fsp3) is 0.444. The first kappa shape index (κ1) is 17.5. The molecule has 0 nitrogen and oxygen atoms in total. The average Bonchev–Trinajstić information content (AvgIpc) is 2.82. The molecule has 1 aromatic heterocycles. The quantitative estimate of drug-likeness (QED) is 0.270. The van der Waals surface area contributed by atoms with Gasteiger partial charge < -0.3 is 0 Å². The average molecular weight is 477 g/mol. The molecular formula is C18H22BrIS. The van der Waals surface area contributed by atoms with Crippen molar-refractivity contribution >= 4 is 49.9 Å². The van der Waals surface area contributed by atoms with Crippen molar-refractivity contribution in [3.63, 3.8) is 0 Å². The maximum absolute atomic E-state index is 3.66. The molecule has 2 rings (SSSR count). The Hall–Kier alpha value is 0.130. The van der Waals surface area contributed by atoms with Crippen LogP contribution in [0.25, 0.3) is 11.1 Å². The molecule has 1 heterocycles. The number of hydrogen-bond acceptors (Lipinski definition) is 1. The normalized spacial score (nSPS) is 11.0.